The zero-order chi connectivity index (χ0) is 13.6. The van der Waals surface area contributed by atoms with Gasteiger partial charge in [0, 0.05) is 0 Å². The van der Waals surface area contributed by atoms with Crippen molar-refractivity contribution in [2.75, 3.05) is 13.1 Å². The number of ether oxygens (including phenoxy) is 2. The maximum atomic E-state index is 11.3. The first-order valence-corrected chi connectivity index (χ1v) is 5.94. The SMILES string of the molecule is O=C([O-])c1c2c(cc3c1O[B-](O)(O)CO3)CCCO2. The second kappa shape index (κ2) is 4.04. The molecule has 0 bridgehead atoms. The van der Waals surface area contributed by atoms with Gasteiger partial charge in [-0.1, -0.05) is 0 Å². The molecule has 2 aliphatic rings. The maximum absolute atomic E-state index is 11.3. The van der Waals surface area contributed by atoms with Crippen LogP contribution in [0.4, 0.5) is 0 Å². The molecule has 0 amide bonds. The van der Waals surface area contributed by atoms with Crippen LogP contribution in [-0.4, -0.2) is 35.9 Å². The molecule has 7 nitrogen and oxygen atoms in total. The van der Waals surface area contributed by atoms with Crippen molar-refractivity contribution in [3.63, 3.8) is 0 Å². The quantitative estimate of drug-likeness (QED) is 0.602. The molecule has 3 rings (SSSR count). The van der Waals surface area contributed by atoms with Crippen LogP contribution in [-0.2, 0) is 6.42 Å². The fourth-order valence-electron chi connectivity index (χ4n) is 2.29. The number of hydrogen-bond donors (Lipinski definition) is 2. The molecule has 1 aromatic rings. The Bertz CT molecular complexity index is 554. The number of carbonyl (C=O) groups excluding carboxylic acids is 1. The van der Waals surface area contributed by atoms with Crippen molar-refractivity contribution in [3.8, 4) is 17.2 Å². The van der Waals surface area contributed by atoms with Crippen LogP contribution < -0.4 is 19.2 Å². The van der Waals surface area contributed by atoms with E-state index in [0.29, 0.717) is 18.6 Å². The summed E-state index contributed by atoms with van der Waals surface area (Å²) in [6.45, 7) is -3.28. The lowest BCUT2D eigenvalue weighted by molar-refractivity contribution is -0.255. The Balaban J connectivity index is 2.20. The van der Waals surface area contributed by atoms with Gasteiger partial charge in [0.05, 0.1) is 24.6 Å². The molecule has 0 saturated carbocycles. The van der Waals surface area contributed by atoms with E-state index in [9.17, 15) is 19.9 Å². The molecule has 0 aromatic heterocycles. The Hall–Kier alpha value is -1.93. The van der Waals surface area contributed by atoms with Crippen LogP contribution in [0, 0.1) is 0 Å². The number of rotatable bonds is 1. The molecule has 0 atom stereocenters. The van der Waals surface area contributed by atoms with Crippen molar-refractivity contribution in [3.05, 3.63) is 17.2 Å². The van der Waals surface area contributed by atoms with Crippen molar-refractivity contribution >= 4 is 12.7 Å². The predicted molar refractivity (Wildman–Crippen MR) is 60.9 cm³/mol. The zero-order valence-corrected chi connectivity index (χ0v) is 9.92. The van der Waals surface area contributed by atoms with Crippen molar-refractivity contribution in [2.24, 2.45) is 0 Å². The zero-order valence-electron chi connectivity index (χ0n) is 9.92. The van der Waals surface area contributed by atoms with Crippen LogP contribution in [0.25, 0.3) is 0 Å². The minimum atomic E-state index is -3.23. The Morgan fingerprint density at radius 1 is 1.32 bits per heavy atom. The highest BCUT2D eigenvalue weighted by Crippen LogP contribution is 2.44. The molecular formula is C11H11BO7-2. The van der Waals surface area contributed by atoms with Crippen LogP contribution in [0.2, 0.25) is 0 Å². The van der Waals surface area contributed by atoms with E-state index in [1.165, 1.54) is 0 Å². The Morgan fingerprint density at radius 2 is 2.11 bits per heavy atom. The van der Waals surface area contributed by atoms with E-state index in [1.807, 2.05) is 0 Å². The summed E-state index contributed by atoms with van der Waals surface area (Å²) in [4.78, 5) is 11.3. The summed E-state index contributed by atoms with van der Waals surface area (Å²) in [6, 6.07) is 1.60. The summed E-state index contributed by atoms with van der Waals surface area (Å²) >= 11 is 0. The third kappa shape index (κ3) is 1.98. The summed E-state index contributed by atoms with van der Waals surface area (Å²) < 4.78 is 15.4. The molecule has 0 radical (unpaired) electrons. The summed E-state index contributed by atoms with van der Waals surface area (Å²) in [5, 5.41) is 30.2. The lowest BCUT2D eigenvalue weighted by Gasteiger charge is -2.38. The Kier molecular flexibility index (Phi) is 2.58. The second-order valence-electron chi connectivity index (χ2n) is 4.59. The lowest BCUT2D eigenvalue weighted by atomic mass is 9.80. The maximum Gasteiger partial charge on any atom is 0.467 e. The van der Waals surface area contributed by atoms with Crippen molar-refractivity contribution < 1.29 is 34.1 Å². The first kappa shape index (κ1) is 12.1. The van der Waals surface area contributed by atoms with Gasteiger partial charge in [0.2, 0.25) is 0 Å². The average Bonchev–Trinajstić information content (AvgIpc) is 2.34. The summed E-state index contributed by atoms with van der Waals surface area (Å²) in [7, 11) is 0. The van der Waals surface area contributed by atoms with Gasteiger partial charge in [-0.3, -0.25) is 0 Å². The van der Waals surface area contributed by atoms with Gasteiger partial charge in [0.1, 0.15) is 11.5 Å². The number of benzene rings is 1. The van der Waals surface area contributed by atoms with E-state index in [0.717, 1.165) is 6.42 Å². The molecule has 2 N–H and O–H groups in total. The molecule has 0 spiro atoms. The van der Waals surface area contributed by atoms with Gasteiger partial charge >= 0.3 is 6.75 Å². The molecule has 102 valence electrons. The molecule has 0 saturated heterocycles. The number of carbonyl (C=O) groups is 1. The van der Waals surface area contributed by atoms with Crippen LogP contribution in [0.5, 0.6) is 17.2 Å². The normalized spacial score (nSPS) is 19.3. The van der Waals surface area contributed by atoms with Gasteiger partial charge in [-0.15, -0.1) is 0 Å². The van der Waals surface area contributed by atoms with Crippen LogP contribution in [0.1, 0.15) is 22.3 Å². The standard InChI is InChI=1S/C11H12BO7/c13-11(14)8-9-6(2-1-3-17-9)4-7-10(8)19-12(15,16)5-18-7/h4,15-16H,1-3,5H2,(H,13,14)/q-1/p-1. The monoisotopic (exact) mass is 266 g/mol. The van der Waals surface area contributed by atoms with E-state index < -0.39 is 19.2 Å². The van der Waals surface area contributed by atoms with E-state index in [4.69, 9.17) is 14.1 Å². The van der Waals surface area contributed by atoms with Gasteiger partial charge in [-0.05, 0) is 24.5 Å². The Labute approximate surface area is 108 Å². The van der Waals surface area contributed by atoms with Crippen LogP contribution in [0.3, 0.4) is 0 Å². The number of aryl methyl sites for hydroxylation is 1. The van der Waals surface area contributed by atoms with E-state index in [2.05, 4.69) is 0 Å². The van der Waals surface area contributed by atoms with Gasteiger partial charge in [-0.25, -0.2) is 0 Å². The third-order valence-electron chi connectivity index (χ3n) is 3.08. The molecule has 1 aromatic carbocycles. The molecule has 2 aliphatic heterocycles. The summed E-state index contributed by atoms with van der Waals surface area (Å²) in [5.74, 6) is -1.45. The van der Waals surface area contributed by atoms with Crippen molar-refractivity contribution in [2.45, 2.75) is 12.8 Å². The van der Waals surface area contributed by atoms with Crippen molar-refractivity contribution in [1.82, 2.24) is 0 Å². The van der Waals surface area contributed by atoms with Gasteiger partial charge in [0.25, 0.3) is 0 Å². The number of carboxylic acid groups (broad SMARTS) is 1. The number of carboxylic acids is 1. The van der Waals surface area contributed by atoms with Gasteiger partial charge < -0.3 is 34.1 Å². The number of fused-ring (bicyclic) bond motifs is 2. The third-order valence-corrected chi connectivity index (χ3v) is 3.08. The van der Waals surface area contributed by atoms with Crippen molar-refractivity contribution in [1.29, 1.82) is 0 Å². The molecule has 0 unspecified atom stereocenters. The Morgan fingerprint density at radius 3 is 2.84 bits per heavy atom. The number of aromatic carboxylic acids is 1. The van der Waals surface area contributed by atoms with Crippen LogP contribution in [0.15, 0.2) is 6.07 Å². The molecule has 2 heterocycles. The summed E-state index contributed by atoms with van der Waals surface area (Å²) in [5.41, 5.74) is 0.352. The molecule has 0 aliphatic carbocycles. The second-order valence-corrected chi connectivity index (χ2v) is 4.59. The van der Waals surface area contributed by atoms with Gasteiger partial charge in [0.15, 0.2) is 5.75 Å². The minimum absolute atomic E-state index is 0.155. The fourth-order valence-corrected chi connectivity index (χ4v) is 2.29. The van der Waals surface area contributed by atoms with Gasteiger partial charge in [-0.2, -0.15) is 0 Å². The highest BCUT2D eigenvalue weighted by atomic mass is 16.7. The average molecular weight is 266 g/mol. The van der Waals surface area contributed by atoms with E-state index in [1.54, 1.807) is 6.07 Å². The first-order valence-electron chi connectivity index (χ1n) is 5.94. The minimum Gasteiger partial charge on any atom is -0.665 e. The summed E-state index contributed by atoms with van der Waals surface area (Å²) in [6.07, 6.45) is 1.42. The molecular weight excluding hydrogens is 255 g/mol. The highest BCUT2D eigenvalue weighted by Gasteiger charge is 2.34. The molecule has 0 fully saturated rings. The topological polar surface area (TPSA) is 108 Å². The highest BCUT2D eigenvalue weighted by molar-refractivity contribution is 6.58. The predicted octanol–water partition coefficient (Wildman–Crippen LogP) is -1.39. The fraction of sp³-hybridized carbons (Fsp3) is 0.364. The number of hydrogen-bond acceptors (Lipinski definition) is 7. The smallest absolute Gasteiger partial charge is 0.467 e. The van der Waals surface area contributed by atoms with E-state index in [-0.39, 0.29) is 22.8 Å². The van der Waals surface area contributed by atoms with Crippen LogP contribution >= 0.6 is 0 Å². The lowest BCUT2D eigenvalue weighted by Crippen LogP contribution is -2.51. The molecule has 8 heteroatoms. The molecule has 19 heavy (non-hydrogen) atoms. The van der Waals surface area contributed by atoms with E-state index >= 15 is 0 Å². The largest absolute Gasteiger partial charge is 0.665 e. The first-order chi connectivity index (χ1) is 8.98.